The van der Waals surface area contributed by atoms with E-state index >= 15 is 0 Å². The summed E-state index contributed by atoms with van der Waals surface area (Å²) in [5.41, 5.74) is -0.349. The van der Waals surface area contributed by atoms with Gasteiger partial charge in [-0.05, 0) is 18.2 Å². The normalized spacial score (nSPS) is 15.5. The Labute approximate surface area is 109 Å². The number of aromatic nitrogens is 3. The zero-order valence-corrected chi connectivity index (χ0v) is 10.8. The molecule has 0 radical (unpaired) electrons. The number of carbonyl (C=O) groups is 1. The summed E-state index contributed by atoms with van der Waals surface area (Å²) in [6, 6.07) is 2.53. The molecular formula is C10H8F5N3OS. The maximum absolute atomic E-state index is 12.7. The second-order valence-electron chi connectivity index (χ2n) is 4.07. The number of hydrogen-bond acceptors (Lipinski definition) is 3. The van der Waals surface area contributed by atoms with E-state index < -0.39 is 20.9 Å². The Morgan fingerprint density at radius 3 is 2.35 bits per heavy atom. The fourth-order valence-corrected chi connectivity index (χ4v) is 2.10. The number of Topliss-reactive ketones (excluding diaryl/α,β-unsaturated/α-hetero) is 1. The molecule has 1 heterocycles. The molecule has 0 bridgehead atoms. The van der Waals surface area contributed by atoms with Crippen LogP contribution < -0.4 is 0 Å². The van der Waals surface area contributed by atoms with Crippen LogP contribution in [-0.2, 0) is 0 Å². The molecule has 0 saturated heterocycles. The van der Waals surface area contributed by atoms with E-state index in [0.29, 0.717) is 0 Å². The molecule has 0 spiro atoms. The lowest BCUT2D eigenvalue weighted by atomic mass is 10.3. The third-order valence-corrected chi connectivity index (χ3v) is 3.53. The van der Waals surface area contributed by atoms with Crippen LogP contribution in [0, 0.1) is 0 Å². The van der Waals surface area contributed by atoms with Gasteiger partial charge in [-0.15, -0.1) is 5.10 Å². The molecule has 4 nitrogen and oxygen atoms in total. The molecule has 0 aliphatic carbocycles. The Hall–Kier alpha value is -1.97. The van der Waals surface area contributed by atoms with E-state index in [1.165, 1.54) is 6.92 Å². The van der Waals surface area contributed by atoms with Crippen LogP contribution in [0.2, 0.25) is 0 Å². The molecule has 0 aliphatic rings. The fourth-order valence-electron chi connectivity index (χ4n) is 1.42. The first-order valence-electron chi connectivity index (χ1n) is 5.15. The van der Waals surface area contributed by atoms with Crippen LogP contribution >= 0.6 is 10.2 Å². The second kappa shape index (κ2) is 3.57. The second-order valence-corrected chi connectivity index (χ2v) is 6.48. The molecule has 20 heavy (non-hydrogen) atoms. The van der Waals surface area contributed by atoms with Gasteiger partial charge in [-0.2, -0.15) is 0 Å². The van der Waals surface area contributed by atoms with Crippen LogP contribution in [0.1, 0.15) is 17.4 Å². The third-order valence-electron chi connectivity index (χ3n) is 2.38. The van der Waals surface area contributed by atoms with Crippen LogP contribution in [-0.4, -0.2) is 20.8 Å². The van der Waals surface area contributed by atoms with Gasteiger partial charge < -0.3 is 0 Å². The minimum Gasteiger partial charge on any atom is -0.293 e. The van der Waals surface area contributed by atoms with Crippen molar-refractivity contribution in [3.05, 3.63) is 36.2 Å². The van der Waals surface area contributed by atoms with Gasteiger partial charge in [-0.1, -0.05) is 30.7 Å². The number of benzene rings is 1. The highest BCUT2D eigenvalue weighted by molar-refractivity contribution is 8.45. The highest BCUT2D eigenvalue weighted by Gasteiger charge is 2.65. The van der Waals surface area contributed by atoms with E-state index in [1.807, 2.05) is 0 Å². The summed E-state index contributed by atoms with van der Waals surface area (Å²) in [6.07, 6.45) is 1.06. The van der Waals surface area contributed by atoms with Crippen LogP contribution in [0.3, 0.4) is 0 Å². The Balaban J connectivity index is 2.53. The van der Waals surface area contributed by atoms with Crippen molar-refractivity contribution in [1.29, 1.82) is 0 Å². The van der Waals surface area contributed by atoms with Gasteiger partial charge in [0.05, 0.1) is 11.9 Å². The summed E-state index contributed by atoms with van der Waals surface area (Å²) in [6.45, 7) is 1.19. The van der Waals surface area contributed by atoms with Gasteiger partial charge in [-0.3, -0.25) is 4.79 Å². The van der Waals surface area contributed by atoms with Crippen molar-refractivity contribution >= 4 is 16.0 Å². The summed E-state index contributed by atoms with van der Waals surface area (Å²) in [5.74, 6) is -0.444. The molecule has 0 unspecified atom stereocenters. The van der Waals surface area contributed by atoms with Gasteiger partial charge >= 0.3 is 10.2 Å². The smallest absolute Gasteiger partial charge is 0.293 e. The third kappa shape index (κ3) is 2.95. The van der Waals surface area contributed by atoms with Crippen LogP contribution in [0.25, 0.3) is 5.69 Å². The van der Waals surface area contributed by atoms with E-state index in [0.717, 1.165) is 23.0 Å². The van der Waals surface area contributed by atoms with Crippen LogP contribution in [0.5, 0.6) is 0 Å². The summed E-state index contributed by atoms with van der Waals surface area (Å²) in [5, 5.41) is 6.85. The summed E-state index contributed by atoms with van der Waals surface area (Å²) in [7, 11) is -9.75. The minimum absolute atomic E-state index is 0.0808. The molecule has 0 saturated carbocycles. The first-order valence-corrected chi connectivity index (χ1v) is 7.10. The standard InChI is InChI=1S/C10H8F5N3OS/c1-7(19)10-6-18(17-16-10)8-3-2-4-9(5-8)20(11,12,13,14)15/h2-6H,1H3. The van der Waals surface area contributed by atoms with Gasteiger partial charge in [0.2, 0.25) is 0 Å². The fraction of sp³-hybridized carbons (Fsp3) is 0.100. The lowest BCUT2D eigenvalue weighted by molar-refractivity contribution is 0.101. The van der Waals surface area contributed by atoms with Crippen molar-refractivity contribution in [1.82, 2.24) is 15.0 Å². The molecular weight excluding hydrogens is 305 g/mol. The maximum atomic E-state index is 12.7. The SMILES string of the molecule is CC(=O)c1cn(-c2cccc(S(F)(F)(F)(F)F)c2)nn1. The van der Waals surface area contributed by atoms with Crippen molar-refractivity contribution in [2.75, 3.05) is 0 Å². The van der Waals surface area contributed by atoms with Crippen molar-refractivity contribution in [2.45, 2.75) is 11.8 Å². The van der Waals surface area contributed by atoms with Crippen molar-refractivity contribution in [3.8, 4) is 5.69 Å². The Morgan fingerprint density at radius 2 is 1.85 bits per heavy atom. The molecule has 10 heteroatoms. The Bertz CT molecular complexity index is 694. The molecule has 0 atom stereocenters. The van der Waals surface area contributed by atoms with Crippen molar-refractivity contribution in [3.63, 3.8) is 0 Å². The van der Waals surface area contributed by atoms with E-state index in [2.05, 4.69) is 10.3 Å². The topological polar surface area (TPSA) is 47.8 Å². The molecule has 2 rings (SSSR count). The van der Waals surface area contributed by atoms with Gasteiger partial charge in [0.25, 0.3) is 0 Å². The molecule has 0 amide bonds. The molecule has 0 aliphatic heterocycles. The average Bonchev–Trinajstić information content (AvgIpc) is 2.75. The van der Waals surface area contributed by atoms with E-state index in [9.17, 15) is 24.2 Å². The summed E-state index contributed by atoms with van der Waals surface area (Å²) >= 11 is 0. The zero-order valence-electron chi connectivity index (χ0n) is 9.93. The lowest BCUT2D eigenvalue weighted by Crippen LogP contribution is -2.07. The van der Waals surface area contributed by atoms with E-state index in [-0.39, 0.29) is 23.5 Å². The first kappa shape index (κ1) is 14.4. The largest absolute Gasteiger partial charge is 0.310 e. The first-order chi connectivity index (χ1) is 8.86. The highest BCUT2D eigenvalue weighted by atomic mass is 32.5. The lowest BCUT2D eigenvalue weighted by Gasteiger charge is -2.40. The molecule has 110 valence electrons. The minimum atomic E-state index is -9.75. The number of ketones is 1. The number of halogens is 5. The van der Waals surface area contributed by atoms with E-state index in [4.69, 9.17) is 0 Å². The quantitative estimate of drug-likeness (QED) is 0.632. The van der Waals surface area contributed by atoms with Gasteiger partial charge in [0.15, 0.2) is 5.78 Å². The predicted octanol–water partition coefficient (Wildman–Crippen LogP) is 4.13. The molecule has 2 aromatic rings. The van der Waals surface area contributed by atoms with E-state index in [1.54, 1.807) is 0 Å². The monoisotopic (exact) mass is 313 g/mol. The number of carbonyl (C=O) groups excluding carboxylic acids is 1. The zero-order chi connectivity index (χ0) is 15.2. The molecule has 1 aromatic carbocycles. The molecule has 1 aromatic heterocycles. The summed E-state index contributed by atoms with van der Waals surface area (Å²) < 4.78 is 64.2. The maximum Gasteiger partial charge on any atom is 0.310 e. The van der Waals surface area contributed by atoms with Crippen LogP contribution in [0.15, 0.2) is 35.4 Å². The Kier molecular flexibility index (Phi) is 2.57. The average molecular weight is 313 g/mol. The molecule has 0 N–H and O–H groups in total. The number of nitrogens with zero attached hydrogens (tertiary/aromatic N) is 3. The summed E-state index contributed by atoms with van der Waals surface area (Å²) in [4.78, 5) is 8.98. The van der Waals surface area contributed by atoms with Crippen molar-refractivity contribution in [2.24, 2.45) is 0 Å². The predicted molar refractivity (Wildman–Crippen MR) is 62.8 cm³/mol. The van der Waals surface area contributed by atoms with Gasteiger partial charge in [0, 0.05) is 6.92 Å². The number of hydrogen-bond donors (Lipinski definition) is 0. The molecule has 0 fully saturated rings. The number of rotatable bonds is 3. The highest BCUT2D eigenvalue weighted by Crippen LogP contribution is 3.02. The van der Waals surface area contributed by atoms with Crippen LogP contribution in [0.4, 0.5) is 19.4 Å². The Morgan fingerprint density at radius 1 is 1.20 bits per heavy atom. The van der Waals surface area contributed by atoms with Crippen molar-refractivity contribution < 1.29 is 24.2 Å². The van der Waals surface area contributed by atoms with Gasteiger partial charge in [0.1, 0.15) is 10.6 Å². The van der Waals surface area contributed by atoms with Gasteiger partial charge in [-0.25, -0.2) is 4.68 Å².